The third-order valence-corrected chi connectivity index (χ3v) is 3.07. The van der Waals surface area contributed by atoms with Crippen LogP contribution in [-0.2, 0) is 9.59 Å². The van der Waals surface area contributed by atoms with E-state index in [0.29, 0.717) is 4.88 Å². The van der Waals surface area contributed by atoms with Crippen LogP contribution in [0.3, 0.4) is 0 Å². The molecule has 0 aliphatic carbocycles. The van der Waals surface area contributed by atoms with Gasteiger partial charge in [-0.1, -0.05) is 6.07 Å². The van der Waals surface area contributed by atoms with Crippen molar-refractivity contribution < 1.29 is 23.9 Å². The molecule has 1 amide bonds. The monoisotopic (exact) mass is 273 g/mol. The minimum atomic E-state index is -1.55. The van der Waals surface area contributed by atoms with Gasteiger partial charge >= 0.3 is 5.97 Å². The van der Waals surface area contributed by atoms with E-state index in [4.69, 9.17) is 5.11 Å². The topological polar surface area (TPSA) is 83.5 Å². The fraction of sp³-hybridized carbons (Fsp3) is 0.364. The summed E-state index contributed by atoms with van der Waals surface area (Å²) in [5, 5.41) is 12.3. The quantitative estimate of drug-likeness (QED) is 0.732. The van der Waals surface area contributed by atoms with Crippen LogP contribution in [0.25, 0.3) is 0 Å². The van der Waals surface area contributed by atoms with Crippen molar-refractivity contribution in [1.29, 1.82) is 0 Å². The van der Waals surface area contributed by atoms with Crippen LogP contribution in [0.15, 0.2) is 17.5 Å². The molecule has 18 heavy (non-hydrogen) atoms. The first-order valence-corrected chi connectivity index (χ1v) is 6.07. The number of carbonyl (C=O) groups excluding carboxylic acids is 2. The first-order valence-electron chi connectivity index (χ1n) is 5.19. The molecule has 0 saturated heterocycles. The Hall–Kier alpha value is -1.76. The Balaban J connectivity index is 2.37. The molecule has 0 saturated carbocycles. The van der Waals surface area contributed by atoms with Gasteiger partial charge in [-0.15, -0.1) is 11.3 Å². The van der Waals surface area contributed by atoms with Crippen LogP contribution in [0.5, 0.6) is 0 Å². The van der Waals surface area contributed by atoms with Gasteiger partial charge in [-0.3, -0.25) is 9.59 Å². The number of halogens is 1. The average molecular weight is 273 g/mol. The zero-order chi connectivity index (χ0) is 13.5. The molecule has 5 nitrogen and oxygen atoms in total. The van der Waals surface area contributed by atoms with Crippen molar-refractivity contribution in [2.24, 2.45) is 0 Å². The first kappa shape index (κ1) is 14.3. The van der Waals surface area contributed by atoms with Crippen LogP contribution >= 0.6 is 11.3 Å². The van der Waals surface area contributed by atoms with E-state index in [1.807, 2.05) is 5.32 Å². The molecule has 0 bridgehead atoms. The fourth-order valence-electron chi connectivity index (χ4n) is 1.22. The zero-order valence-corrected chi connectivity index (χ0v) is 10.2. The number of amides is 1. The van der Waals surface area contributed by atoms with Gasteiger partial charge in [0.2, 0.25) is 5.91 Å². The van der Waals surface area contributed by atoms with E-state index in [-0.39, 0.29) is 18.6 Å². The highest BCUT2D eigenvalue weighted by Gasteiger charge is 2.20. The predicted octanol–water partition coefficient (Wildman–Crippen LogP) is 1.25. The van der Waals surface area contributed by atoms with Crippen molar-refractivity contribution >= 4 is 29.0 Å². The molecule has 0 spiro atoms. The second kappa shape index (κ2) is 6.85. The summed E-state index contributed by atoms with van der Waals surface area (Å²) in [7, 11) is 0. The summed E-state index contributed by atoms with van der Waals surface area (Å²) in [6.07, 6.45) is -0.175. The van der Waals surface area contributed by atoms with Crippen LogP contribution in [0, 0.1) is 0 Å². The van der Waals surface area contributed by atoms with Crippen LogP contribution in [0.4, 0.5) is 4.39 Å². The summed E-state index contributed by atoms with van der Waals surface area (Å²) in [5.41, 5.74) is 0. The molecule has 1 aromatic rings. The van der Waals surface area contributed by atoms with Crippen LogP contribution in [-0.4, -0.2) is 35.5 Å². The second-order valence-corrected chi connectivity index (χ2v) is 4.46. The van der Waals surface area contributed by atoms with E-state index in [0.717, 1.165) is 0 Å². The summed E-state index contributed by atoms with van der Waals surface area (Å²) >= 11 is 1.27. The maximum Gasteiger partial charge on any atom is 0.328 e. The van der Waals surface area contributed by atoms with Crippen molar-refractivity contribution in [1.82, 2.24) is 5.32 Å². The molecule has 1 aromatic heterocycles. The Morgan fingerprint density at radius 2 is 2.11 bits per heavy atom. The van der Waals surface area contributed by atoms with Crippen LogP contribution < -0.4 is 5.32 Å². The number of ketones is 1. The minimum Gasteiger partial charge on any atom is -0.480 e. The van der Waals surface area contributed by atoms with E-state index >= 15 is 0 Å². The summed E-state index contributed by atoms with van der Waals surface area (Å²) in [4.78, 5) is 33.9. The lowest BCUT2D eigenvalue weighted by Crippen LogP contribution is -2.42. The summed E-state index contributed by atoms with van der Waals surface area (Å²) in [6, 6.07) is 1.82. The number of thiophene rings is 1. The first-order chi connectivity index (χ1) is 8.54. The third-order valence-electron chi connectivity index (χ3n) is 2.16. The Bertz CT molecular complexity index is 432. The molecule has 1 unspecified atom stereocenters. The minimum absolute atomic E-state index is 0.0228. The van der Waals surface area contributed by atoms with E-state index in [9.17, 15) is 18.8 Å². The Morgan fingerprint density at radius 1 is 1.39 bits per heavy atom. The number of rotatable bonds is 7. The molecular weight excluding hydrogens is 261 g/mol. The Kier molecular flexibility index (Phi) is 5.44. The largest absolute Gasteiger partial charge is 0.480 e. The molecule has 98 valence electrons. The van der Waals surface area contributed by atoms with E-state index in [2.05, 4.69) is 0 Å². The normalized spacial score (nSPS) is 11.8. The number of hydrogen-bond donors (Lipinski definition) is 2. The Morgan fingerprint density at radius 3 is 2.61 bits per heavy atom. The number of Topliss-reactive ketones (excluding diaryl/α,β-unsaturated/α-hetero) is 1. The smallest absolute Gasteiger partial charge is 0.328 e. The van der Waals surface area contributed by atoms with Crippen molar-refractivity contribution in [2.75, 3.05) is 6.67 Å². The molecule has 1 heterocycles. The Labute approximate surface area is 107 Å². The zero-order valence-electron chi connectivity index (χ0n) is 9.39. The maximum absolute atomic E-state index is 12.2. The van der Waals surface area contributed by atoms with E-state index < -0.39 is 24.6 Å². The highest BCUT2D eigenvalue weighted by molar-refractivity contribution is 7.12. The van der Waals surface area contributed by atoms with Gasteiger partial charge in [0.05, 0.1) is 4.88 Å². The van der Waals surface area contributed by atoms with Gasteiger partial charge in [0.1, 0.15) is 6.67 Å². The lowest BCUT2D eigenvalue weighted by Gasteiger charge is -2.09. The molecule has 0 aliphatic heterocycles. The van der Waals surface area contributed by atoms with Crippen molar-refractivity contribution in [2.45, 2.75) is 18.9 Å². The maximum atomic E-state index is 12.2. The predicted molar refractivity (Wildman–Crippen MR) is 63.4 cm³/mol. The van der Waals surface area contributed by atoms with Crippen molar-refractivity contribution in [3.8, 4) is 0 Å². The lowest BCUT2D eigenvalue weighted by molar-refractivity contribution is -0.142. The summed E-state index contributed by atoms with van der Waals surface area (Å²) in [5.74, 6) is -2.27. The second-order valence-electron chi connectivity index (χ2n) is 3.51. The molecular formula is C11H12FNO4S. The SMILES string of the molecule is O=C(CCC(=O)c1cccs1)NC(CF)C(=O)O. The van der Waals surface area contributed by atoms with E-state index in [1.54, 1.807) is 17.5 Å². The van der Waals surface area contributed by atoms with Gasteiger partial charge in [-0.2, -0.15) is 0 Å². The lowest BCUT2D eigenvalue weighted by atomic mass is 10.2. The highest BCUT2D eigenvalue weighted by Crippen LogP contribution is 2.12. The molecule has 1 rings (SSSR count). The molecule has 7 heteroatoms. The van der Waals surface area contributed by atoms with Gasteiger partial charge in [-0.05, 0) is 11.4 Å². The number of nitrogens with one attached hydrogen (secondary N) is 1. The standard InChI is InChI=1S/C11H12FNO4S/c12-6-7(11(16)17)13-10(15)4-3-8(14)9-2-1-5-18-9/h1-2,5,7H,3-4,6H2,(H,13,15)(H,16,17). The number of carboxylic acid groups (broad SMARTS) is 1. The van der Waals surface area contributed by atoms with Gasteiger partial charge < -0.3 is 10.4 Å². The number of aliphatic carboxylic acids is 1. The fourth-order valence-corrected chi connectivity index (χ4v) is 1.91. The molecule has 2 N–H and O–H groups in total. The van der Waals surface area contributed by atoms with Gasteiger partial charge in [-0.25, -0.2) is 9.18 Å². The molecule has 0 aromatic carbocycles. The average Bonchev–Trinajstić information content (AvgIpc) is 2.86. The van der Waals surface area contributed by atoms with Gasteiger partial charge in [0.25, 0.3) is 0 Å². The van der Waals surface area contributed by atoms with Gasteiger partial charge in [0, 0.05) is 12.8 Å². The summed E-state index contributed by atoms with van der Waals surface area (Å²) < 4.78 is 12.2. The number of carbonyl (C=O) groups is 3. The highest BCUT2D eigenvalue weighted by atomic mass is 32.1. The van der Waals surface area contributed by atoms with Crippen LogP contribution in [0.2, 0.25) is 0 Å². The molecule has 0 fully saturated rings. The van der Waals surface area contributed by atoms with Crippen LogP contribution in [0.1, 0.15) is 22.5 Å². The molecule has 0 aliphatic rings. The van der Waals surface area contributed by atoms with Gasteiger partial charge in [0.15, 0.2) is 11.8 Å². The van der Waals surface area contributed by atoms with E-state index in [1.165, 1.54) is 11.3 Å². The number of alkyl halides is 1. The van der Waals surface area contributed by atoms with Crippen molar-refractivity contribution in [3.05, 3.63) is 22.4 Å². The van der Waals surface area contributed by atoms with Crippen molar-refractivity contribution in [3.63, 3.8) is 0 Å². The molecule has 1 atom stereocenters. The number of hydrogen-bond acceptors (Lipinski definition) is 4. The third kappa shape index (κ3) is 4.25. The molecule has 0 radical (unpaired) electrons. The number of carboxylic acids is 1. The summed E-state index contributed by atoms with van der Waals surface area (Å²) in [6.45, 7) is -1.18.